The summed E-state index contributed by atoms with van der Waals surface area (Å²) in [6.07, 6.45) is 1.97. The van der Waals surface area contributed by atoms with E-state index in [9.17, 15) is 4.79 Å². The van der Waals surface area contributed by atoms with Gasteiger partial charge in [-0.25, -0.2) is 4.98 Å². The fourth-order valence-corrected chi connectivity index (χ4v) is 3.69. The number of carbonyl (C=O) groups excluding carboxylic acids is 1. The van der Waals surface area contributed by atoms with Crippen LogP contribution < -0.4 is 20.9 Å². The van der Waals surface area contributed by atoms with Gasteiger partial charge in [0.2, 0.25) is 5.91 Å². The second-order valence-corrected chi connectivity index (χ2v) is 7.84. The van der Waals surface area contributed by atoms with E-state index in [2.05, 4.69) is 38.0 Å². The first kappa shape index (κ1) is 25.1. The summed E-state index contributed by atoms with van der Waals surface area (Å²) in [5.41, 5.74) is 2.18. The van der Waals surface area contributed by atoms with Crippen molar-refractivity contribution < 1.29 is 4.79 Å². The number of pyridine rings is 1. The van der Waals surface area contributed by atoms with Gasteiger partial charge in [-0.1, -0.05) is 18.2 Å². The molecule has 9 heteroatoms. The lowest BCUT2D eigenvalue weighted by Gasteiger charge is -2.32. The van der Waals surface area contributed by atoms with Crippen LogP contribution in [-0.4, -0.2) is 75.6 Å². The maximum absolute atomic E-state index is 11.6. The molecule has 3 N–H and O–H groups in total. The van der Waals surface area contributed by atoms with Crippen molar-refractivity contribution >= 4 is 52.6 Å². The van der Waals surface area contributed by atoms with E-state index >= 15 is 0 Å². The fourth-order valence-electron chi connectivity index (χ4n) is 3.69. The van der Waals surface area contributed by atoms with Gasteiger partial charge in [0, 0.05) is 59.3 Å². The first-order chi connectivity index (χ1) is 14.5. The molecule has 2 heterocycles. The van der Waals surface area contributed by atoms with E-state index in [1.807, 2.05) is 37.2 Å². The van der Waals surface area contributed by atoms with Gasteiger partial charge in [0.05, 0.1) is 12.1 Å². The molecule has 1 fully saturated rings. The average Bonchev–Trinajstić information content (AvgIpc) is 2.77. The van der Waals surface area contributed by atoms with Crippen LogP contribution in [0.5, 0.6) is 0 Å². The number of hydrogen-bond donors (Lipinski definition) is 3. The van der Waals surface area contributed by atoms with Crippen LogP contribution in [0.1, 0.15) is 18.4 Å². The quantitative estimate of drug-likeness (QED) is 0.295. The van der Waals surface area contributed by atoms with Crippen LogP contribution in [0, 0.1) is 0 Å². The van der Waals surface area contributed by atoms with Crippen molar-refractivity contribution in [2.75, 3.05) is 52.7 Å². The van der Waals surface area contributed by atoms with E-state index in [4.69, 9.17) is 4.98 Å². The highest BCUT2D eigenvalue weighted by atomic mass is 127. The molecule has 0 spiro atoms. The van der Waals surface area contributed by atoms with E-state index in [0.717, 1.165) is 48.6 Å². The molecule has 0 atom stereocenters. The zero-order valence-electron chi connectivity index (χ0n) is 18.8. The van der Waals surface area contributed by atoms with Crippen LogP contribution in [0.15, 0.2) is 35.3 Å². The largest absolute Gasteiger partial charge is 0.363 e. The lowest BCUT2D eigenvalue weighted by molar-refractivity contribution is -0.122. The van der Waals surface area contributed by atoms with Crippen molar-refractivity contribution in [2.24, 2.45) is 4.99 Å². The second kappa shape index (κ2) is 12.0. The number of aliphatic imine (C=N–C) groups is 1. The molecule has 31 heavy (non-hydrogen) atoms. The Morgan fingerprint density at radius 3 is 2.61 bits per heavy atom. The van der Waals surface area contributed by atoms with Crippen LogP contribution >= 0.6 is 24.0 Å². The van der Waals surface area contributed by atoms with Gasteiger partial charge in [0.15, 0.2) is 5.96 Å². The van der Waals surface area contributed by atoms with Gasteiger partial charge >= 0.3 is 0 Å². The Balaban J connectivity index is 0.00000341. The third-order valence-electron chi connectivity index (χ3n) is 5.49. The Bertz CT molecular complexity index is 895. The SMILES string of the molecule is CN=C(NCc1cc(N(C)C)nc2ccccc12)NC1CCN(CC(=O)NC)CC1.I. The molecule has 1 aliphatic rings. The van der Waals surface area contributed by atoms with Gasteiger partial charge < -0.3 is 20.9 Å². The summed E-state index contributed by atoms with van der Waals surface area (Å²) >= 11 is 0. The van der Waals surface area contributed by atoms with Crippen molar-refractivity contribution in [3.05, 3.63) is 35.9 Å². The van der Waals surface area contributed by atoms with Crippen LogP contribution in [-0.2, 0) is 11.3 Å². The molecule has 1 aliphatic heterocycles. The zero-order valence-corrected chi connectivity index (χ0v) is 21.1. The molecule has 0 unspecified atom stereocenters. The van der Waals surface area contributed by atoms with Crippen LogP contribution in [0.25, 0.3) is 10.9 Å². The van der Waals surface area contributed by atoms with Crippen molar-refractivity contribution in [1.82, 2.24) is 25.8 Å². The van der Waals surface area contributed by atoms with Gasteiger partial charge in [-0.2, -0.15) is 0 Å². The van der Waals surface area contributed by atoms with Gasteiger partial charge in [-0.15, -0.1) is 24.0 Å². The van der Waals surface area contributed by atoms with Crippen molar-refractivity contribution in [1.29, 1.82) is 0 Å². The number of benzene rings is 1. The van der Waals surface area contributed by atoms with Crippen LogP contribution in [0.2, 0.25) is 0 Å². The monoisotopic (exact) mass is 539 g/mol. The highest BCUT2D eigenvalue weighted by molar-refractivity contribution is 14.0. The first-order valence-corrected chi connectivity index (χ1v) is 10.5. The molecule has 8 nitrogen and oxygen atoms in total. The highest BCUT2D eigenvalue weighted by Gasteiger charge is 2.21. The summed E-state index contributed by atoms with van der Waals surface area (Å²) in [5, 5.41) is 10.8. The molecular formula is C22H34IN7O. The number of likely N-dealkylation sites (tertiary alicyclic amines) is 1. The molecule has 1 amide bonds. The van der Waals surface area contributed by atoms with E-state index in [1.165, 1.54) is 5.56 Å². The van der Waals surface area contributed by atoms with Gasteiger partial charge in [-0.05, 0) is 30.5 Å². The number of aromatic nitrogens is 1. The average molecular weight is 539 g/mol. The van der Waals surface area contributed by atoms with Crippen molar-refractivity contribution in [2.45, 2.75) is 25.4 Å². The Morgan fingerprint density at radius 1 is 1.26 bits per heavy atom. The number of piperidine rings is 1. The molecule has 1 saturated heterocycles. The van der Waals surface area contributed by atoms with Gasteiger partial charge in [-0.3, -0.25) is 14.7 Å². The summed E-state index contributed by atoms with van der Waals surface area (Å²) in [5.74, 6) is 1.81. The molecule has 0 bridgehead atoms. The smallest absolute Gasteiger partial charge is 0.233 e. The van der Waals surface area contributed by atoms with E-state index in [0.29, 0.717) is 19.1 Å². The number of amides is 1. The minimum Gasteiger partial charge on any atom is -0.363 e. The van der Waals surface area contributed by atoms with E-state index in [1.54, 1.807) is 14.1 Å². The maximum atomic E-state index is 11.6. The predicted molar refractivity (Wildman–Crippen MR) is 138 cm³/mol. The molecule has 1 aromatic carbocycles. The number of para-hydroxylation sites is 1. The standard InChI is InChI=1S/C22H33N7O.HI/c1-23-21(30)15-29-11-9-17(10-12-29)26-22(24-2)25-14-16-13-20(28(3)4)27-19-8-6-5-7-18(16)19;/h5-8,13,17H,9-12,14-15H2,1-4H3,(H,23,30)(H2,24,25,26);1H. The summed E-state index contributed by atoms with van der Waals surface area (Å²) in [6.45, 7) is 2.95. The van der Waals surface area contributed by atoms with Crippen LogP contribution in [0.3, 0.4) is 0 Å². The number of hydrogen-bond acceptors (Lipinski definition) is 5. The second-order valence-electron chi connectivity index (χ2n) is 7.84. The lowest BCUT2D eigenvalue weighted by Crippen LogP contribution is -2.49. The highest BCUT2D eigenvalue weighted by Crippen LogP contribution is 2.22. The summed E-state index contributed by atoms with van der Waals surface area (Å²) < 4.78 is 0. The number of rotatable bonds is 6. The number of nitrogens with zero attached hydrogens (tertiary/aromatic N) is 4. The van der Waals surface area contributed by atoms with E-state index < -0.39 is 0 Å². The van der Waals surface area contributed by atoms with Crippen LogP contribution in [0.4, 0.5) is 5.82 Å². The first-order valence-electron chi connectivity index (χ1n) is 10.5. The lowest BCUT2D eigenvalue weighted by atomic mass is 10.1. The Kier molecular flexibility index (Phi) is 9.76. The summed E-state index contributed by atoms with van der Waals surface area (Å²) in [4.78, 5) is 24.9. The van der Waals surface area contributed by atoms with E-state index in [-0.39, 0.29) is 29.9 Å². The topological polar surface area (TPSA) is 84.9 Å². The number of nitrogens with one attached hydrogen (secondary N) is 3. The molecule has 0 radical (unpaired) electrons. The molecule has 2 aromatic rings. The molecule has 0 aliphatic carbocycles. The molecule has 170 valence electrons. The summed E-state index contributed by atoms with van der Waals surface area (Å²) in [7, 11) is 7.49. The Hall–Kier alpha value is -2.14. The Labute approximate surface area is 201 Å². The third kappa shape index (κ3) is 6.93. The number of anilines is 1. The molecule has 3 rings (SSSR count). The van der Waals surface area contributed by atoms with Crippen molar-refractivity contribution in [3.63, 3.8) is 0 Å². The maximum Gasteiger partial charge on any atom is 0.233 e. The van der Waals surface area contributed by atoms with Crippen molar-refractivity contribution in [3.8, 4) is 0 Å². The number of fused-ring (bicyclic) bond motifs is 1. The number of likely N-dealkylation sites (N-methyl/N-ethyl adjacent to an activating group) is 1. The number of guanidine groups is 1. The van der Waals surface area contributed by atoms with Gasteiger partial charge in [0.1, 0.15) is 5.82 Å². The number of carbonyl (C=O) groups is 1. The third-order valence-corrected chi connectivity index (χ3v) is 5.49. The Morgan fingerprint density at radius 2 is 1.97 bits per heavy atom. The molecular weight excluding hydrogens is 505 g/mol. The normalized spacial score (nSPS) is 15.3. The fraction of sp³-hybridized carbons (Fsp3) is 0.500. The predicted octanol–water partition coefficient (Wildman–Crippen LogP) is 1.79. The summed E-state index contributed by atoms with van der Waals surface area (Å²) in [6, 6.07) is 10.7. The molecule has 1 aromatic heterocycles. The minimum absolute atomic E-state index is 0. The van der Waals surface area contributed by atoms with Gasteiger partial charge in [0.25, 0.3) is 0 Å². The molecule has 0 saturated carbocycles. The number of halogens is 1. The minimum atomic E-state index is 0. The zero-order chi connectivity index (χ0) is 21.5.